The minimum atomic E-state index is -0.0201. The smallest absolute Gasteiger partial charge is 0.315 e. The summed E-state index contributed by atoms with van der Waals surface area (Å²) in [5, 5.41) is 6.22. The predicted molar refractivity (Wildman–Crippen MR) is 90.3 cm³/mol. The molecule has 3 aliphatic rings. The zero-order valence-electron chi connectivity index (χ0n) is 13.6. The highest BCUT2D eigenvalue weighted by Gasteiger charge is 2.42. The molecular weight excluding hydrogens is 288 g/mol. The topological polar surface area (TPSA) is 57.3 Å². The quantitative estimate of drug-likeness (QED) is 0.849. The molecular formula is C18H26N4O. The Morgan fingerprint density at radius 1 is 1.22 bits per heavy atom. The van der Waals surface area contributed by atoms with Gasteiger partial charge >= 0.3 is 6.03 Å². The third-order valence-electron chi connectivity index (χ3n) is 5.25. The molecule has 0 atom stereocenters. The minimum absolute atomic E-state index is 0.0201. The zero-order valence-corrected chi connectivity index (χ0v) is 13.6. The number of pyridine rings is 1. The Morgan fingerprint density at radius 2 is 1.91 bits per heavy atom. The number of urea groups is 1. The summed E-state index contributed by atoms with van der Waals surface area (Å²) in [6.45, 7) is 2.75. The molecule has 23 heavy (non-hydrogen) atoms. The van der Waals surface area contributed by atoms with Crippen molar-refractivity contribution in [3.8, 4) is 0 Å². The molecule has 2 aliphatic carbocycles. The molecule has 1 aromatic rings. The summed E-state index contributed by atoms with van der Waals surface area (Å²) in [6.07, 6.45) is 9.47. The fourth-order valence-electron chi connectivity index (χ4n) is 3.61. The average molecular weight is 314 g/mol. The van der Waals surface area contributed by atoms with Gasteiger partial charge in [0.2, 0.25) is 0 Å². The van der Waals surface area contributed by atoms with Crippen LogP contribution in [0.1, 0.15) is 44.1 Å². The van der Waals surface area contributed by atoms with Crippen molar-refractivity contribution in [2.45, 2.75) is 51.1 Å². The van der Waals surface area contributed by atoms with E-state index in [-0.39, 0.29) is 6.03 Å². The van der Waals surface area contributed by atoms with E-state index in [1.807, 2.05) is 12.3 Å². The van der Waals surface area contributed by atoms with Crippen molar-refractivity contribution in [3.63, 3.8) is 0 Å². The first-order valence-corrected chi connectivity index (χ1v) is 9.04. The molecule has 2 N–H and O–H groups in total. The summed E-state index contributed by atoms with van der Waals surface area (Å²) in [6, 6.07) is 4.48. The molecule has 0 spiro atoms. The Bertz CT molecular complexity index is 550. The molecule has 2 heterocycles. The van der Waals surface area contributed by atoms with Crippen LogP contribution in [0, 0.1) is 11.8 Å². The van der Waals surface area contributed by atoms with Crippen LogP contribution in [0.5, 0.6) is 0 Å². The Kier molecular flexibility index (Phi) is 4.10. The lowest BCUT2D eigenvalue weighted by molar-refractivity contribution is 0.233. The van der Waals surface area contributed by atoms with Crippen LogP contribution >= 0.6 is 0 Å². The van der Waals surface area contributed by atoms with E-state index >= 15 is 0 Å². The Morgan fingerprint density at radius 3 is 2.57 bits per heavy atom. The Labute approximate surface area is 137 Å². The molecule has 5 heteroatoms. The molecule has 5 nitrogen and oxygen atoms in total. The predicted octanol–water partition coefficient (Wildman–Crippen LogP) is 2.67. The number of aromatic nitrogens is 1. The molecule has 0 radical (unpaired) electrons. The molecule has 2 saturated carbocycles. The third-order valence-corrected chi connectivity index (χ3v) is 5.25. The number of amides is 2. The van der Waals surface area contributed by atoms with Gasteiger partial charge in [-0.15, -0.1) is 0 Å². The monoisotopic (exact) mass is 314 g/mol. The zero-order chi connectivity index (χ0) is 15.6. The van der Waals surface area contributed by atoms with Crippen molar-refractivity contribution in [2.75, 3.05) is 18.0 Å². The van der Waals surface area contributed by atoms with Crippen molar-refractivity contribution in [2.24, 2.45) is 11.8 Å². The van der Waals surface area contributed by atoms with Gasteiger partial charge in [-0.05, 0) is 68.1 Å². The number of nitrogens with one attached hydrogen (secondary N) is 2. The summed E-state index contributed by atoms with van der Waals surface area (Å²) >= 11 is 0. The van der Waals surface area contributed by atoms with Crippen LogP contribution in [0.3, 0.4) is 0 Å². The van der Waals surface area contributed by atoms with Crippen LogP contribution in [0.15, 0.2) is 18.3 Å². The van der Waals surface area contributed by atoms with Gasteiger partial charge < -0.3 is 15.5 Å². The van der Waals surface area contributed by atoms with E-state index < -0.39 is 0 Å². The van der Waals surface area contributed by atoms with Gasteiger partial charge in [-0.2, -0.15) is 0 Å². The molecule has 1 saturated heterocycles. The maximum atomic E-state index is 12.2. The van der Waals surface area contributed by atoms with E-state index in [4.69, 9.17) is 0 Å². The van der Waals surface area contributed by atoms with E-state index in [9.17, 15) is 4.79 Å². The van der Waals surface area contributed by atoms with E-state index in [2.05, 4.69) is 26.6 Å². The van der Waals surface area contributed by atoms with Crippen LogP contribution < -0.4 is 15.5 Å². The van der Waals surface area contributed by atoms with Crippen molar-refractivity contribution >= 4 is 11.8 Å². The molecule has 0 unspecified atom stereocenters. The van der Waals surface area contributed by atoms with E-state index in [1.165, 1.54) is 38.5 Å². The molecule has 0 bridgehead atoms. The highest BCUT2D eigenvalue weighted by molar-refractivity contribution is 5.74. The number of anilines is 1. The normalized spacial score (nSPS) is 20.8. The standard InChI is InChI=1S/C18H26N4O/c23-18(21-17(14-3-4-14)15-5-6-15)20-12-13-7-8-19-16(11-13)22-9-1-2-10-22/h7-8,11,14-15,17H,1-6,9-10,12H2,(H2,20,21,23). The molecule has 1 aromatic heterocycles. The first-order valence-electron chi connectivity index (χ1n) is 9.04. The fraction of sp³-hybridized carbons (Fsp3) is 0.667. The number of hydrogen-bond acceptors (Lipinski definition) is 3. The lowest BCUT2D eigenvalue weighted by Crippen LogP contribution is -2.44. The summed E-state index contributed by atoms with van der Waals surface area (Å²) in [7, 11) is 0. The number of nitrogens with zero attached hydrogens (tertiary/aromatic N) is 2. The molecule has 4 rings (SSSR count). The van der Waals surface area contributed by atoms with Crippen LogP contribution in [-0.2, 0) is 6.54 Å². The maximum absolute atomic E-state index is 12.2. The second-order valence-corrected chi connectivity index (χ2v) is 7.24. The molecule has 2 amide bonds. The van der Waals surface area contributed by atoms with Gasteiger partial charge in [0.05, 0.1) is 0 Å². The van der Waals surface area contributed by atoms with Crippen LogP contribution in [0.2, 0.25) is 0 Å². The van der Waals surface area contributed by atoms with Crippen molar-refractivity contribution in [1.82, 2.24) is 15.6 Å². The highest BCUT2D eigenvalue weighted by Crippen LogP contribution is 2.44. The minimum Gasteiger partial charge on any atom is -0.357 e. The van der Waals surface area contributed by atoms with Gasteiger partial charge in [0.25, 0.3) is 0 Å². The average Bonchev–Trinajstić information content (AvgIpc) is 3.50. The van der Waals surface area contributed by atoms with Gasteiger partial charge in [0.1, 0.15) is 5.82 Å². The number of carbonyl (C=O) groups is 1. The SMILES string of the molecule is O=C(NCc1ccnc(N2CCCC2)c1)NC(C1CC1)C1CC1. The summed E-state index contributed by atoms with van der Waals surface area (Å²) in [5.74, 6) is 2.50. The summed E-state index contributed by atoms with van der Waals surface area (Å²) in [4.78, 5) is 19.0. The van der Waals surface area contributed by atoms with E-state index in [0.29, 0.717) is 12.6 Å². The largest absolute Gasteiger partial charge is 0.357 e. The lowest BCUT2D eigenvalue weighted by atomic mass is 10.1. The van der Waals surface area contributed by atoms with Crippen molar-refractivity contribution in [1.29, 1.82) is 0 Å². The van der Waals surface area contributed by atoms with Crippen LogP contribution in [0.25, 0.3) is 0 Å². The molecule has 0 aromatic carbocycles. The second-order valence-electron chi connectivity index (χ2n) is 7.24. The maximum Gasteiger partial charge on any atom is 0.315 e. The summed E-state index contributed by atoms with van der Waals surface area (Å²) < 4.78 is 0. The van der Waals surface area contributed by atoms with Crippen molar-refractivity contribution < 1.29 is 4.79 Å². The highest BCUT2D eigenvalue weighted by atomic mass is 16.2. The van der Waals surface area contributed by atoms with Crippen LogP contribution in [-0.4, -0.2) is 30.1 Å². The van der Waals surface area contributed by atoms with E-state index in [1.54, 1.807) is 0 Å². The van der Waals surface area contributed by atoms with Gasteiger partial charge in [-0.3, -0.25) is 0 Å². The second kappa shape index (κ2) is 6.38. The lowest BCUT2D eigenvalue weighted by Gasteiger charge is -2.19. The van der Waals surface area contributed by atoms with Crippen LogP contribution in [0.4, 0.5) is 10.6 Å². The third kappa shape index (κ3) is 3.77. The summed E-state index contributed by atoms with van der Waals surface area (Å²) in [5.41, 5.74) is 1.12. The Hall–Kier alpha value is -1.78. The first kappa shape index (κ1) is 14.8. The van der Waals surface area contributed by atoms with Gasteiger partial charge in [0.15, 0.2) is 0 Å². The molecule has 124 valence electrons. The van der Waals surface area contributed by atoms with Gasteiger partial charge in [-0.1, -0.05) is 0 Å². The molecule has 1 aliphatic heterocycles. The van der Waals surface area contributed by atoms with Crippen molar-refractivity contribution in [3.05, 3.63) is 23.9 Å². The number of carbonyl (C=O) groups excluding carboxylic acids is 1. The number of rotatable bonds is 6. The van der Waals surface area contributed by atoms with E-state index in [0.717, 1.165) is 36.3 Å². The first-order chi connectivity index (χ1) is 11.3. The number of hydrogen-bond donors (Lipinski definition) is 2. The van der Waals surface area contributed by atoms with Gasteiger partial charge in [-0.25, -0.2) is 9.78 Å². The Balaban J connectivity index is 1.29. The fourth-order valence-corrected chi connectivity index (χ4v) is 3.61. The molecule has 3 fully saturated rings. The van der Waals surface area contributed by atoms with Gasteiger partial charge in [0, 0.05) is 31.9 Å².